The quantitative estimate of drug-likeness (QED) is 0.476. The molecular formula is C21H20N6O4. The van der Waals surface area contributed by atoms with Gasteiger partial charge >= 0.3 is 5.97 Å². The van der Waals surface area contributed by atoms with Crippen LogP contribution in [0.15, 0.2) is 61.1 Å². The molecule has 0 radical (unpaired) electrons. The summed E-state index contributed by atoms with van der Waals surface area (Å²) in [5.41, 5.74) is 6.90. The molecule has 0 unspecified atom stereocenters. The first-order valence-electron chi connectivity index (χ1n) is 9.56. The number of nitrogens with two attached hydrogens (primary N) is 1. The van der Waals surface area contributed by atoms with Crippen molar-refractivity contribution in [1.29, 1.82) is 0 Å². The van der Waals surface area contributed by atoms with Crippen LogP contribution >= 0.6 is 0 Å². The highest BCUT2D eigenvalue weighted by Crippen LogP contribution is 2.27. The number of nitrogens with zero attached hydrogens (tertiary/aromatic N) is 5. The van der Waals surface area contributed by atoms with Gasteiger partial charge in [0, 0.05) is 30.8 Å². The molecule has 0 fully saturated rings. The highest BCUT2D eigenvalue weighted by molar-refractivity contribution is 6.09. The Bertz CT molecular complexity index is 1100. The lowest BCUT2D eigenvalue weighted by Crippen LogP contribution is -2.42. The Morgan fingerprint density at radius 2 is 1.94 bits per heavy atom. The summed E-state index contributed by atoms with van der Waals surface area (Å²) >= 11 is 0. The van der Waals surface area contributed by atoms with E-state index in [1.807, 2.05) is 12.1 Å². The van der Waals surface area contributed by atoms with Crippen LogP contribution in [0.25, 0.3) is 5.82 Å². The van der Waals surface area contributed by atoms with Crippen molar-refractivity contribution in [3.05, 3.63) is 72.2 Å². The molecule has 3 aromatic rings. The number of aromatic nitrogens is 3. The van der Waals surface area contributed by atoms with Crippen molar-refractivity contribution in [2.24, 2.45) is 5.73 Å². The maximum Gasteiger partial charge on any atom is 0.326 e. The van der Waals surface area contributed by atoms with Gasteiger partial charge in [-0.05, 0) is 29.8 Å². The van der Waals surface area contributed by atoms with E-state index in [9.17, 15) is 14.4 Å². The zero-order valence-corrected chi connectivity index (χ0v) is 16.5. The molecule has 0 bridgehead atoms. The van der Waals surface area contributed by atoms with Gasteiger partial charge in [0.25, 0.3) is 5.91 Å². The topological polar surface area (TPSA) is 124 Å². The average Bonchev–Trinajstić information content (AvgIpc) is 3.28. The highest BCUT2D eigenvalue weighted by atomic mass is 16.5. The van der Waals surface area contributed by atoms with Gasteiger partial charge in [-0.15, -0.1) is 0 Å². The monoisotopic (exact) mass is 420 g/mol. The van der Waals surface area contributed by atoms with E-state index in [2.05, 4.69) is 10.1 Å². The summed E-state index contributed by atoms with van der Waals surface area (Å²) in [7, 11) is 0. The molecule has 0 saturated heterocycles. The summed E-state index contributed by atoms with van der Waals surface area (Å²) in [4.78, 5) is 45.0. The van der Waals surface area contributed by atoms with E-state index in [-0.39, 0.29) is 38.2 Å². The number of fused-ring (bicyclic) bond motifs is 1. The molecule has 158 valence electrons. The smallest absolute Gasteiger partial charge is 0.326 e. The van der Waals surface area contributed by atoms with Crippen LogP contribution in [0.5, 0.6) is 0 Å². The summed E-state index contributed by atoms with van der Waals surface area (Å²) in [5, 5.41) is 4.11. The molecule has 1 aliphatic heterocycles. The van der Waals surface area contributed by atoms with Crippen LogP contribution in [-0.4, -0.2) is 57.3 Å². The largest absolute Gasteiger partial charge is 0.449 e. The number of rotatable bonds is 5. The fourth-order valence-electron chi connectivity index (χ4n) is 3.35. The van der Waals surface area contributed by atoms with Crippen LogP contribution < -0.4 is 10.6 Å². The summed E-state index contributed by atoms with van der Waals surface area (Å²) < 4.78 is 6.34. The predicted octanol–water partition coefficient (Wildman–Crippen LogP) is 0.716. The molecule has 0 spiro atoms. The van der Waals surface area contributed by atoms with Gasteiger partial charge in [0.1, 0.15) is 19.8 Å². The number of ether oxygens (including phenoxy) is 1. The van der Waals surface area contributed by atoms with Gasteiger partial charge in [0.2, 0.25) is 5.91 Å². The number of benzene rings is 1. The van der Waals surface area contributed by atoms with Crippen LogP contribution in [0.3, 0.4) is 0 Å². The van der Waals surface area contributed by atoms with Gasteiger partial charge in [-0.3, -0.25) is 25.0 Å². The van der Waals surface area contributed by atoms with Crippen LogP contribution in [0.4, 0.5) is 5.69 Å². The number of anilines is 1. The molecule has 10 nitrogen and oxygen atoms in total. The van der Waals surface area contributed by atoms with Gasteiger partial charge in [-0.2, -0.15) is 5.10 Å². The molecule has 2 aromatic heterocycles. The molecule has 0 aliphatic carbocycles. The van der Waals surface area contributed by atoms with E-state index < -0.39 is 5.97 Å². The lowest BCUT2D eigenvalue weighted by atomic mass is 10.1. The summed E-state index contributed by atoms with van der Waals surface area (Å²) in [5.74, 6) is -0.781. The Labute approximate surface area is 177 Å². The van der Waals surface area contributed by atoms with Crippen molar-refractivity contribution >= 4 is 23.5 Å². The normalized spacial score (nSPS) is 13.5. The lowest BCUT2D eigenvalue weighted by molar-refractivity contribution is -0.149. The van der Waals surface area contributed by atoms with Gasteiger partial charge in [-0.25, -0.2) is 9.67 Å². The third-order valence-electron chi connectivity index (χ3n) is 4.83. The first-order chi connectivity index (χ1) is 15.1. The second-order valence-corrected chi connectivity index (χ2v) is 6.81. The Morgan fingerprint density at radius 3 is 2.65 bits per heavy atom. The van der Waals surface area contributed by atoms with E-state index in [1.54, 1.807) is 47.4 Å². The molecular weight excluding hydrogens is 400 g/mol. The standard InChI is InChI=1S/C21H20N6O4/c22-14-31-20(29)13-25-11-16-4-1-2-5-17(16)26(12-19(25)28)21(30)15-6-7-18(23-10-15)27-9-3-8-24-27/h1-10H,11-14,22H2. The van der Waals surface area contributed by atoms with Gasteiger partial charge in [0.05, 0.1) is 5.56 Å². The minimum atomic E-state index is -0.605. The molecule has 31 heavy (non-hydrogen) atoms. The maximum absolute atomic E-state index is 13.3. The predicted molar refractivity (Wildman–Crippen MR) is 110 cm³/mol. The molecule has 10 heteroatoms. The summed E-state index contributed by atoms with van der Waals surface area (Å²) in [6.07, 6.45) is 4.83. The fraction of sp³-hybridized carbons (Fsp3) is 0.190. The first kappa shape index (κ1) is 20.2. The second kappa shape index (κ2) is 8.76. The van der Waals surface area contributed by atoms with Crippen molar-refractivity contribution in [3.63, 3.8) is 0 Å². The molecule has 1 aromatic carbocycles. The van der Waals surface area contributed by atoms with E-state index >= 15 is 0 Å². The van der Waals surface area contributed by atoms with Crippen molar-refractivity contribution in [2.45, 2.75) is 6.54 Å². The molecule has 3 heterocycles. The van der Waals surface area contributed by atoms with Crippen molar-refractivity contribution in [3.8, 4) is 5.82 Å². The number of amides is 2. The number of hydrogen-bond donors (Lipinski definition) is 1. The van der Waals surface area contributed by atoms with Crippen molar-refractivity contribution in [2.75, 3.05) is 24.7 Å². The van der Waals surface area contributed by atoms with E-state index in [1.165, 1.54) is 16.0 Å². The number of hydrogen-bond acceptors (Lipinski definition) is 7. The van der Waals surface area contributed by atoms with Gasteiger partial charge in [0.15, 0.2) is 5.82 Å². The Hall–Kier alpha value is -4.05. The Balaban J connectivity index is 1.61. The number of pyridine rings is 1. The SMILES string of the molecule is NCOC(=O)CN1Cc2ccccc2N(C(=O)c2ccc(-n3cccn3)nc2)CC1=O. The third-order valence-corrected chi connectivity index (χ3v) is 4.83. The van der Waals surface area contributed by atoms with Crippen molar-refractivity contribution < 1.29 is 19.1 Å². The van der Waals surface area contributed by atoms with Crippen LogP contribution in [0, 0.1) is 0 Å². The minimum Gasteiger partial charge on any atom is -0.449 e. The zero-order chi connectivity index (χ0) is 21.8. The lowest BCUT2D eigenvalue weighted by Gasteiger charge is -2.22. The average molecular weight is 420 g/mol. The van der Waals surface area contributed by atoms with E-state index in [0.717, 1.165) is 5.56 Å². The van der Waals surface area contributed by atoms with E-state index in [4.69, 9.17) is 10.5 Å². The maximum atomic E-state index is 13.3. The number of carbonyl (C=O) groups excluding carboxylic acids is 3. The second-order valence-electron chi connectivity index (χ2n) is 6.81. The number of esters is 1. The molecule has 2 amide bonds. The zero-order valence-electron chi connectivity index (χ0n) is 16.5. The van der Waals surface area contributed by atoms with Gasteiger partial charge in [-0.1, -0.05) is 18.2 Å². The van der Waals surface area contributed by atoms with Crippen molar-refractivity contribution in [1.82, 2.24) is 19.7 Å². The third kappa shape index (κ3) is 4.28. The summed E-state index contributed by atoms with van der Waals surface area (Å²) in [6, 6.07) is 12.3. The Morgan fingerprint density at radius 1 is 1.10 bits per heavy atom. The van der Waals surface area contributed by atoms with Crippen LogP contribution in [-0.2, 0) is 20.9 Å². The molecule has 2 N–H and O–H groups in total. The van der Waals surface area contributed by atoms with E-state index in [0.29, 0.717) is 17.1 Å². The molecule has 0 atom stereocenters. The molecule has 1 aliphatic rings. The van der Waals surface area contributed by atoms with Crippen LogP contribution in [0.1, 0.15) is 15.9 Å². The summed E-state index contributed by atoms with van der Waals surface area (Å²) in [6.45, 7) is -0.544. The Kier molecular flexibility index (Phi) is 5.72. The van der Waals surface area contributed by atoms with Crippen LogP contribution in [0.2, 0.25) is 0 Å². The minimum absolute atomic E-state index is 0.176. The molecule has 0 saturated carbocycles. The number of para-hydroxylation sites is 1. The first-order valence-corrected chi connectivity index (χ1v) is 9.56. The highest BCUT2D eigenvalue weighted by Gasteiger charge is 2.30. The molecule has 4 rings (SSSR count). The van der Waals surface area contributed by atoms with Gasteiger partial charge < -0.3 is 9.64 Å². The number of carbonyl (C=O) groups is 3. The fourth-order valence-corrected chi connectivity index (χ4v) is 3.35.